The van der Waals surface area contributed by atoms with E-state index in [0.717, 1.165) is 34.2 Å². The first-order valence-electron chi connectivity index (χ1n) is 12.2. The van der Waals surface area contributed by atoms with Crippen LogP contribution in [0.5, 0.6) is 0 Å². The molecular formula is C28H23F2N9O. The number of nitrogen functional groups attached to an aromatic ring is 1. The minimum atomic E-state index is -0.952. The molecule has 5 aromatic rings. The minimum Gasteiger partial charge on any atom is -0.382 e. The highest BCUT2D eigenvalue weighted by Gasteiger charge is 2.16. The number of rotatable bonds is 8. The normalized spacial score (nSPS) is 10.8. The average molecular weight is 540 g/mol. The molecule has 0 aliphatic carbocycles. The van der Waals surface area contributed by atoms with Gasteiger partial charge in [-0.05, 0) is 41.3 Å². The summed E-state index contributed by atoms with van der Waals surface area (Å²) in [6, 6.07) is 15.1. The van der Waals surface area contributed by atoms with E-state index in [2.05, 4.69) is 30.7 Å². The summed E-state index contributed by atoms with van der Waals surface area (Å²) in [7, 11) is 1.79. The van der Waals surface area contributed by atoms with Crippen LogP contribution in [-0.2, 0) is 20.0 Å². The third-order valence-corrected chi connectivity index (χ3v) is 6.24. The summed E-state index contributed by atoms with van der Waals surface area (Å²) in [6.45, 7) is 0.484. The highest BCUT2D eigenvalue weighted by atomic mass is 19.2. The molecule has 3 aromatic heterocycles. The van der Waals surface area contributed by atoms with E-state index in [1.807, 2.05) is 36.4 Å². The molecule has 12 heteroatoms. The van der Waals surface area contributed by atoms with Gasteiger partial charge in [-0.15, -0.1) is 0 Å². The van der Waals surface area contributed by atoms with E-state index in [1.54, 1.807) is 17.9 Å². The molecule has 5 rings (SSSR count). The van der Waals surface area contributed by atoms with Crippen LogP contribution in [-0.4, -0.2) is 37.2 Å². The van der Waals surface area contributed by atoms with Crippen molar-refractivity contribution in [3.8, 4) is 17.2 Å². The van der Waals surface area contributed by atoms with Gasteiger partial charge < -0.3 is 16.4 Å². The largest absolute Gasteiger partial charge is 0.382 e. The maximum atomic E-state index is 13.4. The van der Waals surface area contributed by atoms with Crippen LogP contribution in [0.4, 0.5) is 20.4 Å². The number of halogens is 2. The van der Waals surface area contributed by atoms with Crippen molar-refractivity contribution in [2.45, 2.75) is 13.0 Å². The fraction of sp³-hybridized carbons (Fsp3) is 0.143. The quantitative estimate of drug-likeness (QED) is 0.270. The fourth-order valence-electron chi connectivity index (χ4n) is 4.16. The number of fused-ring (bicyclic) bond motifs is 1. The molecule has 0 aliphatic rings. The van der Waals surface area contributed by atoms with E-state index >= 15 is 0 Å². The molecule has 40 heavy (non-hydrogen) atoms. The van der Waals surface area contributed by atoms with E-state index in [1.165, 1.54) is 12.3 Å². The topological polar surface area (TPSA) is 147 Å². The molecule has 0 radical (unpaired) electrons. The molecule has 10 nitrogen and oxygen atoms in total. The molecular weight excluding hydrogens is 516 g/mol. The zero-order valence-corrected chi connectivity index (χ0v) is 21.3. The highest BCUT2D eigenvalue weighted by molar-refractivity contribution is 5.96. The van der Waals surface area contributed by atoms with Crippen LogP contribution in [0.1, 0.15) is 27.3 Å². The number of aromatic nitrogens is 5. The summed E-state index contributed by atoms with van der Waals surface area (Å²) < 4.78 is 28.2. The van der Waals surface area contributed by atoms with Gasteiger partial charge in [-0.25, -0.2) is 28.4 Å². The van der Waals surface area contributed by atoms with Crippen LogP contribution in [0, 0.1) is 23.0 Å². The number of hydrogen-bond donors (Lipinski definition) is 3. The number of amides is 1. The summed E-state index contributed by atoms with van der Waals surface area (Å²) >= 11 is 0. The Morgan fingerprint density at radius 2 is 1.80 bits per heavy atom. The van der Waals surface area contributed by atoms with Crippen molar-refractivity contribution < 1.29 is 13.6 Å². The molecule has 0 unspecified atom stereocenters. The maximum Gasteiger partial charge on any atom is 0.273 e. The highest BCUT2D eigenvalue weighted by Crippen LogP contribution is 2.26. The molecule has 0 spiro atoms. The van der Waals surface area contributed by atoms with Crippen molar-refractivity contribution in [1.82, 2.24) is 30.0 Å². The molecule has 0 fully saturated rings. The van der Waals surface area contributed by atoms with E-state index in [9.17, 15) is 18.8 Å². The number of benzene rings is 2. The second kappa shape index (κ2) is 11.1. The molecule has 1 amide bonds. The Bertz CT molecular complexity index is 1760. The average Bonchev–Trinajstić information content (AvgIpc) is 3.26. The first-order valence-corrected chi connectivity index (χ1v) is 12.2. The first kappa shape index (κ1) is 26.2. The van der Waals surface area contributed by atoms with Crippen LogP contribution in [0.2, 0.25) is 0 Å². The molecule has 0 aliphatic heterocycles. The van der Waals surface area contributed by atoms with Crippen molar-refractivity contribution >= 4 is 28.6 Å². The zero-order chi connectivity index (χ0) is 28.2. The Hall–Kier alpha value is -5.44. The number of carbonyl (C=O) groups is 1. The lowest BCUT2D eigenvalue weighted by Crippen LogP contribution is -2.28. The molecule has 200 valence electrons. The number of pyridine rings is 1. The number of aryl methyl sites for hydroxylation is 1. The van der Waals surface area contributed by atoms with E-state index in [-0.39, 0.29) is 30.2 Å². The van der Waals surface area contributed by atoms with Gasteiger partial charge in [-0.1, -0.05) is 30.3 Å². The van der Waals surface area contributed by atoms with Gasteiger partial charge in [0, 0.05) is 31.9 Å². The summed E-state index contributed by atoms with van der Waals surface area (Å²) in [4.78, 5) is 25.6. The standard InChI is InChI=1S/C28H23F2N9O/c1-39-27-21(25(32)38-39)11-19(14-36-27)18-5-2-17(3-6-18)13-34-26-24(37-20(12-31)15-35-26)28(40)33-9-8-16-4-7-22(29)23(30)10-16/h2-7,10-11,14-15H,8-9,13H2,1H3,(H2,32,38)(H,33,40)(H,34,35). The van der Waals surface area contributed by atoms with Gasteiger partial charge >= 0.3 is 0 Å². The lowest BCUT2D eigenvalue weighted by atomic mass is 10.0. The lowest BCUT2D eigenvalue weighted by molar-refractivity contribution is 0.0949. The predicted molar refractivity (Wildman–Crippen MR) is 145 cm³/mol. The third kappa shape index (κ3) is 5.53. The Kier molecular flexibility index (Phi) is 7.28. The van der Waals surface area contributed by atoms with Crippen molar-refractivity contribution in [2.75, 3.05) is 17.6 Å². The van der Waals surface area contributed by atoms with E-state index in [0.29, 0.717) is 23.6 Å². The molecule has 4 N–H and O–H groups in total. The number of nitrogens with one attached hydrogen (secondary N) is 2. The van der Waals surface area contributed by atoms with Crippen LogP contribution < -0.4 is 16.4 Å². The number of hydrogen-bond acceptors (Lipinski definition) is 8. The third-order valence-electron chi connectivity index (χ3n) is 6.24. The van der Waals surface area contributed by atoms with Gasteiger partial charge in [-0.3, -0.25) is 4.79 Å². The Morgan fingerprint density at radius 1 is 1.02 bits per heavy atom. The number of anilines is 2. The van der Waals surface area contributed by atoms with Crippen molar-refractivity contribution in [2.24, 2.45) is 7.05 Å². The van der Waals surface area contributed by atoms with E-state index < -0.39 is 17.5 Å². The monoisotopic (exact) mass is 539 g/mol. The smallest absolute Gasteiger partial charge is 0.273 e. The lowest BCUT2D eigenvalue weighted by Gasteiger charge is -2.12. The Balaban J connectivity index is 1.25. The SMILES string of the molecule is Cn1nc(N)c2cc(-c3ccc(CNc4ncc(C#N)nc4C(=O)NCCc4ccc(F)c(F)c4)cc3)cnc21. The molecule has 2 aromatic carbocycles. The Morgan fingerprint density at radius 3 is 2.55 bits per heavy atom. The number of nitrogens with two attached hydrogens (primary N) is 1. The van der Waals surface area contributed by atoms with Crippen molar-refractivity contribution in [3.05, 3.63) is 95.1 Å². The molecule has 0 saturated heterocycles. The summed E-state index contributed by atoms with van der Waals surface area (Å²) in [5.41, 5.74) is 9.92. The van der Waals surface area contributed by atoms with Gasteiger partial charge in [0.15, 0.2) is 40.3 Å². The second-order valence-corrected chi connectivity index (χ2v) is 8.97. The van der Waals surface area contributed by atoms with Gasteiger partial charge in [0.25, 0.3) is 5.91 Å². The zero-order valence-electron chi connectivity index (χ0n) is 21.3. The summed E-state index contributed by atoms with van der Waals surface area (Å²) in [5.74, 6) is -1.82. The van der Waals surface area contributed by atoms with Crippen LogP contribution in [0.25, 0.3) is 22.2 Å². The van der Waals surface area contributed by atoms with Gasteiger partial charge in [0.05, 0.1) is 11.6 Å². The number of nitriles is 1. The molecule has 0 bridgehead atoms. The van der Waals surface area contributed by atoms with Gasteiger partial charge in [0.1, 0.15) is 6.07 Å². The fourth-order valence-corrected chi connectivity index (χ4v) is 4.16. The van der Waals surface area contributed by atoms with Crippen LogP contribution >= 0.6 is 0 Å². The van der Waals surface area contributed by atoms with Crippen molar-refractivity contribution in [3.63, 3.8) is 0 Å². The number of nitrogens with zero attached hydrogens (tertiary/aromatic N) is 6. The predicted octanol–water partition coefficient (Wildman–Crippen LogP) is 3.74. The molecule has 0 saturated carbocycles. The maximum absolute atomic E-state index is 13.4. The molecule has 0 atom stereocenters. The van der Waals surface area contributed by atoms with Crippen LogP contribution in [0.15, 0.2) is 60.9 Å². The Labute approximate surface area is 227 Å². The molecule has 3 heterocycles. The second-order valence-electron chi connectivity index (χ2n) is 8.97. The van der Waals surface area contributed by atoms with Crippen LogP contribution in [0.3, 0.4) is 0 Å². The first-order chi connectivity index (χ1) is 19.3. The van der Waals surface area contributed by atoms with Crippen molar-refractivity contribution in [1.29, 1.82) is 5.26 Å². The van der Waals surface area contributed by atoms with Gasteiger partial charge in [0.2, 0.25) is 0 Å². The van der Waals surface area contributed by atoms with Gasteiger partial charge in [-0.2, -0.15) is 10.4 Å². The summed E-state index contributed by atoms with van der Waals surface area (Å²) in [5, 5.41) is 20.0. The van der Waals surface area contributed by atoms with E-state index in [4.69, 9.17) is 5.73 Å². The minimum absolute atomic E-state index is 0.0134. The summed E-state index contributed by atoms with van der Waals surface area (Å²) in [6.07, 6.45) is 3.32. The number of carbonyl (C=O) groups excluding carboxylic acids is 1.